The topological polar surface area (TPSA) is 74.3 Å². The highest BCUT2D eigenvalue weighted by Crippen LogP contribution is 2.23. The van der Waals surface area contributed by atoms with Crippen LogP contribution in [0, 0.1) is 6.92 Å². The second-order valence-electron chi connectivity index (χ2n) is 7.32. The number of hydrogen-bond donors (Lipinski definition) is 1. The highest BCUT2D eigenvalue weighted by Gasteiger charge is 2.15. The third kappa shape index (κ3) is 4.29. The van der Waals surface area contributed by atoms with Crippen LogP contribution < -0.4 is 11.3 Å². The van der Waals surface area contributed by atoms with Gasteiger partial charge < -0.3 is 10.5 Å². The Morgan fingerprint density at radius 3 is 2.32 bits per heavy atom. The molecule has 0 aliphatic heterocycles. The van der Waals surface area contributed by atoms with E-state index in [1.807, 2.05) is 6.07 Å². The highest BCUT2D eigenvalue weighted by molar-refractivity contribution is 5.69. The minimum Gasteiger partial charge on any atom is -0.468 e. The van der Waals surface area contributed by atoms with Crippen molar-refractivity contribution in [3.8, 4) is 0 Å². The largest absolute Gasteiger partial charge is 0.468 e. The molecule has 0 fully saturated rings. The minimum absolute atomic E-state index is 0.0997. The Kier molecular flexibility index (Phi) is 5.36. The van der Waals surface area contributed by atoms with Gasteiger partial charge in [-0.1, -0.05) is 45.0 Å². The number of nitrogens with zero attached hydrogens (tertiary/aromatic N) is 1. The van der Waals surface area contributed by atoms with E-state index >= 15 is 0 Å². The molecule has 1 aromatic carbocycles. The lowest BCUT2D eigenvalue weighted by molar-refractivity contribution is -0.141. The molecule has 25 heavy (non-hydrogen) atoms. The Morgan fingerprint density at radius 1 is 1.20 bits per heavy atom. The van der Waals surface area contributed by atoms with Gasteiger partial charge in [-0.15, -0.1) is 0 Å². The number of anilines is 1. The summed E-state index contributed by atoms with van der Waals surface area (Å²) >= 11 is 0. The summed E-state index contributed by atoms with van der Waals surface area (Å²) in [5.74, 6) is -0.477. The lowest BCUT2D eigenvalue weighted by Crippen LogP contribution is -2.29. The molecule has 1 aromatic heterocycles. The van der Waals surface area contributed by atoms with Gasteiger partial charge in [-0.05, 0) is 41.5 Å². The standard InChI is InChI=1S/C20H26N2O3/c1-13-10-15(18(21)19(24)22(13)12-17(23)25-5)11-14-6-8-16(9-7-14)20(2,3)4/h6-10H,11-12,21H2,1-5H3. The predicted molar refractivity (Wildman–Crippen MR) is 99.8 cm³/mol. The molecule has 0 radical (unpaired) electrons. The number of esters is 1. The number of carbonyl (C=O) groups excluding carboxylic acids is 1. The van der Waals surface area contributed by atoms with Gasteiger partial charge in [0.2, 0.25) is 0 Å². The molecule has 0 saturated heterocycles. The van der Waals surface area contributed by atoms with Crippen LogP contribution in [0.25, 0.3) is 0 Å². The van der Waals surface area contributed by atoms with Gasteiger partial charge in [0.15, 0.2) is 0 Å². The number of benzene rings is 1. The SMILES string of the molecule is COC(=O)Cn1c(C)cc(Cc2ccc(C(C)(C)C)cc2)c(N)c1=O. The second-order valence-corrected chi connectivity index (χ2v) is 7.32. The first-order valence-corrected chi connectivity index (χ1v) is 8.28. The predicted octanol–water partition coefficient (Wildman–Crippen LogP) is 2.80. The van der Waals surface area contributed by atoms with E-state index < -0.39 is 5.97 Å². The van der Waals surface area contributed by atoms with Crippen molar-refractivity contribution < 1.29 is 9.53 Å². The molecular formula is C20H26N2O3. The van der Waals surface area contributed by atoms with Crippen LogP contribution in [0.3, 0.4) is 0 Å². The van der Waals surface area contributed by atoms with Crippen molar-refractivity contribution in [2.75, 3.05) is 12.8 Å². The maximum atomic E-state index is 12.5. The van der Waals surface area contributed by atoms with Gasteiger partial charge in [0.25, 0.3) is 5.56 Å². The molecule has 0 aliphatic carbocycles. The van der Waals surface area contributed by atoms with Crippen molar-refractivity contribution in [2.24, 2.45) is 0 Å². The first-order valence-electron chi connectivity index (χ1n) is 8.28. The van der Waals surface area contributed by atoms with E-state index in [0.29, 0.717) is 12.1 Å². The van der Waals surface area contributed by atoms with Crippen LogP contribution in [-0.2, 0) is 27.9 Å². The number of ether oxygens (including phenoxy) is 1. The zero-order valence-corrected chi connectivity index (χ0v) is 15.6. The molecule has 1 heterocycles. The lowest BCUT2D eigenvalue weighted by atomic mass is 9.86. The van der Waals surface area contributed by atoms with E-state index in [1.54, 1.807) is 6.92 Å². The Labute approximate surface area is 148 Å². The summed E-state index contributed by atoms with van der Waals surface area (Å²) in [6, 6.07) is 10.2. The van der Waals surface area contributed by atoms with Crippen LogP contribution in [-0.4, -0.2) is 17.6 Å². The molecule has 0 spiro atoms. The summed E-state index contributed by atoms with van der Waals surface area (Å²) in [5.41, 5.74) is 9.75. The van der Waals surface area contributed by atoms with Gasteiger partial charge in [0.05, 0.1) is 7.11 Å². The van der Waals surface area contributed by atoms with E-state index in [0.717, 1.165) is 11.1 Å². The molecule has 0 saturated carbocycles. The Hall–Kier alpha value is -2.56. The van der Waals surface area contributed by atoms with Gasteiger partial charge in [-0.2, -0.15) is 0 Å². The van der Waals surface area contributed by atoms with Crippen molar-refractivity contribution in [2.45, 2.75) is 46.1 Å². The molecule has 0 aliphatic rings. The summed E-state index contributed by atoms with van der Waals surface area (Å²) in [6.45, 7) is 8.17. The number of hydrogen-bond acceptors (Lipinski definition) is 4. The van der Waals surface area contributed by atoms with Crippen LogP contribution in [0.1, 0.15) is 43.2 Å². The molecule has 0 atom stereocenters. The monoisotopic (exact) mass is 342 g/mol. The third-order valence-electron chi connectivity index (χ3n) is 4.36. The Bertz CT molecular complexity index is 828. The molecule has 0 unspecified atom stereocenters. The van der Waals surface area contributed by atoms with E-state index in [1.165, 1.54) is 17.2 Å². The summed E-state index contributed by atoms with van der Waals surface area (Å²) in [5, 5.41) is 0. The smallest absolute Gasteiger partial charge is 0.325 e. The zero-order chi connectivity index (χ0) is 18.8. The lowest BCUT2D eigenvalue weighted by Gasteiger charge is -2.19. The van der Waals surface area contributed by atoms with Gasteiger partial charge in [-0.3, -0.25) is 14.2 Å². The Balaban J connectivity index is 2.32. The van der Waals surface area contributed by atoms with E-state index in [9.17, 15) is 9.59 Å². The van der Waals surface area contributed by atoms with Crippen molar-refractivity contribution in [3.05, 3.63) is 63.1 Å². The number of carbonyl (C=O) groups is 1. The summed E-state index contributed by atoms with van der Waals surface area (Å²) in [7, 11) is 1.29. The molecule has 5 nitrogen and oxygen atoms in total. The maximum absolute atomic E-state index is 12.5. The third-order valence-corrected chi connectivity index (χ3v) is 4.36. The molecule has 2 rings (SSSR count). The van der Waals surface area contributed by atoms with Crippen molar-refractivity contribution in [1.82, 2.24) is 4.57 Å². The quantitative estimate of drug-likeness (QED) is 0.867. The van der Waals surface area contributed by atoms with Crippen LogP contribution in [0.5, 0.6) is 0 Å². The fourth-order valence-electron chi connectivity index (χ4n) is 2.73. The van der Waals surface area contributed by atoms with E-state index in [4.69, 9.17) is 5.73 Å². The average molecular weight is 342 g/mol. The number of methoxy groups -OCH3 is 1. The van der Waals surface area contributed by atoms with Crippen LogP contribution in [0.15, 0.2) is 35.1 Å². The van der Waals surface area contributed by atoms with Crippen LogP contribution in [0.2, 0.25) is 0 Å². The van der Waals surface area contributed by atoms with Crippen LogP contribution in [0.4, 0.5) is 5.69 Å². The van der Waals surface area contributed by atoms with Gasteiger partial charge in [0, 0.05) is 5.69 Å². The fraction of sp³-hybridized carbons (Fsp3) is 0.400. The number of aromatic nitrogens is 1. The summed E-state index contributed by atoms with van der Waals surface area (Å²) in [4.78, 5) is 23.9. The summed E-state index contributed by atoms with van der Waals surface area (Å²) < 4.78 is 5.97. The highest BCUT2D eigenvalue weighted by atomic mass is 16.5. The van der Waals surface area contributed by atoms with E-state index in [-0.39, 0.29) is 23.2 Å². The number of nitrogen functional groups attached to an aromatic ring is 1. The number of rotatable bonds is 4. The molecule has 2 aromatic rings. The first-order chi connectivity index (χ1) is 11.6. The van der Waals surface area contributed by atoms with E-state index in [2.05, 4.69) is 49.8 Å². The average Bonchev–Trinajstić information content (AvgIpc) is 2.55. The zero-order valence-electron chi connectivity index (χ0n) is 15.6. The van der Waals surface area contributed by atoms with Gasteiger partial charge in [-0.25, -0.2) is 0 Å². The normalized spacial score (nSPS) is 11.4. The van der Waals surface area contributed by atoms with Crippen LogP contribution >= 0.6 is 0 Å². The summed E-state index contributed by atoms with van der Waals surface area (Å²) in [6.07, 6.45) is 0.575. The first kappa shape index (κ1) is 18.8. The molecular weight excluding hydrogens is 316 g/mol. The molecule has 0 amide bonds. The minimum atomic E-state index is -0.477. The van der Waals surface area contributed by atoms with Gasteiger partial charge in [0.1, 0.15) is 12.2 Å². The number of aryl methyl sites for hydroxylation is 1. The number of nitrogens with two attached hydrogens (primary N) is 1. The molecule has 5 heteroatoms. The van der Waals surface area contributed by atoms with Gasteiger partial charge >= 0.3 is 5.97 Å². The fourth-order valence-corrected chi connectivity index (χ4v) is 2.73. The number of pyridine rings is 1. The van der Waals surface area contributed by atoms with Crippen molar-refractivity contribution in [3.63, 3.8) is 0 Å². The molecule has 2 N–H and O–H groups in total. The molecule has 0 bridgehead atoms. The maximum Gasteiger partial charge on any atom is 0.325 e. The second kappa shape index (κ2) is 7.13. The molecule has 134 valence electrons. The van der Waals surface area contributed by atoms with Crippen molar-refractivity contribution in [1.29, 1.82) is 0 Å². The Morgan fingerprint density at radius 2 is 1.80 bits per heavy atom. The van der Waals surface area contributed by atoms with Crippen molar-refractivity contribution >= 4 is 11.7 Å².